The average molecular weight is 309 g/mol. The van der Waals surface area contributed by atoms with Gasteiger partial charge in [-0.1, -0.05) is 11.8 Å². The molecule has 0 fully saturated rings. The highest BCUT2D eigenvalue weighted by atomic mass is 32.2. The van der Waals surface area contributed by atoms with Gasteiger partial charge in [0.15, 0.2) is 10.9 Å². The molecule has 8 nitrogen and oxygen atoms in total. The Kier molecular flexibility index (Phi) is 4.99. The normalized spacial score (nSPS) is 10.5. The highest BCUT2D eigenvalue weighted by molar-refractivity contribution is 7.99. The number of amides is 2. The molecule has 2 heterocycles. The molecule has 0 aliphatic heterocycles. The smallest absolute Gasteiger partial charge is 0.237 e. The van der Waals surface area contributed by atoms with E-state index in [2.05, 4.69) is 15.5 Å². The molecule has 0 aliphatic rings. The van der Waals surface area contributed by atoms with E-state index in [0.717, 1.165) is 0 Å². The summed E-state index contributed by atoms with van der Waals surface area (Å²) in [5, 5.41) is 11.1. The maximum atomic E-state index is 11.5. The first-order valence-corrected chi connectivity index (χ1v) is 7.25. The third-order valence-corrected chi connectivity index (χ3v) is 3.45. The lowest BCUT2D eigenvalue weighted by molar-refractivity contribution is -0.119. The number of nitrogens with two attached hydrogens (primary N) is 1. The van der Waals surface area contributed by atoms with Crippen LogP contribution in [0.1, 0.15) is 6.92 Å². The fraction of sp³-hybridized carbons (Fsp3) is 0.333. The molecule has 2 rings (SSSR count). The van der Waals surface area contributed by atoms with E-state index in [4.69, 9.17) is 10.2 Å². The van der Waals surface area contributed by atoms with Gasteiger partial charge in [-0.3, -0.25) is 14.2 Å². The second kappa shape index (κ2) is 6.93. The van der Waals surface area contributed by atoms with Crippen molar-refractivity contribution in [3.63, 3.8) is 0 Å². The summed E-state index contributed by atoms with van der Waals surface area (Å²) >= 11 is 1.18. The summed E-state index contributed by atoms with van der Waals surface area (Å²) in [4.78, 5) is 22.7. The van der Waals surface area contributed by atoms with Crippen LogP contribution in [-0.2, 0) is 16.1 Å². The van der Waals surface area contributed by atoms with Gasteiger partial charge in [0.25, 0.3) is 0 Å². The number of primary amides is 1. The second-order valence-corrected chi connectivity index (χ2v) is 5.02. The lowest BCUT2D eigenvalue weighted by Crippen LogP contribution is -2.25. The number of hydrogen-bond donors (Lipinski definition) is 2. The minimum Gasteiger partial charge on any atom is -0.461 e. The van der Waals surface area contributed by atoms with Crippen LogP contribution in [0.15, 0.2) is 28.0 Å². The van der Waals surface area contributed by atoms with E-state index in [1.54, 1.807) is 12.1 Å². The van der Waals surface area contributed by atoms with E-state index in [0.29, 0.717) is 23.3 Å². The number of nitrogens with one attached hydrogen (secondary N) is 1. The molecule has 9 heteroatoms. The number of thioether (sulfide) groups is 1. The van der Waals surface area contributed by atoms with Crippen LogP contribution in [0.5, 0.6) is 0 Å². The molecule has 2 amide bonds. The molecule has 3 N–H and O–H groups in total. The molecule has 0 unspecified atom stereocenters. The molecule has 0 aromatic carbocycles. The molecule has 0 radical (unpaired) electrons. The molecule has 0 atom stereocenters. The van der Waals surface area contributed by atoms with Crippen LogP contribution in [0, 0.1) is 0 Å². The molecule has 2 aromatic rings. The number of carbonyl (C=O) groups excluding carboxylic acids is 2. The zero-order valence-corrected chi connectivity index (χ0v) is 12.2. The number of carbonyl (C=O) groups is 2. The van der Waals surface area contributed by atoms with Crippen molar-refractivity contribution in [3.05, 3.63) is 18.4 Å². The van der Waals surface area contributed by atoms with Crippen LogP contribution >= 0.6 is 11.8 Å². The predicted molar refractivity (Wildman–Crippen MR) is 76.3 cm³/mol. The van der Waals surface area contributed by atoms with Crippen LogP contribution in [0.2, 0.25) is 0 Å². The summed E-state index contributed by atoms with van der Waals surface area (Å²) in [6, 6.07) is 3.42. The summed E-state index contributed by atoms with van der Waals surface area (Å²) < 4.78 is 6.79. The third-order valence-electron chi connectivity index (χ3n) is 2.48. The number of rotatable bonds is 7. The zero-order chi connectivity index (χ0) is 15.2. The van der Waals surface area contributed by atoms with Gasteiger partial charge in [0.1, 0.15) is 6.54 Å². The van der Waals surface area contributed by atoms with Crippen LogP contribution < -0.4 is 11.1 Å². The summed E-state index contributed by atoms with van der Waals surface area (Å²) in [7, 11) is 0. The molecule has 0 bridgehead atoms. The molecule has 0 saturated carbocycles. The molecular weight excluding hydrogens is 294 g/mol. The molecule has 2 aromatic heterocycles. The van der Waals surface area contributed by atoms with Crippen molar-refractivity contribution in [2.75, 3.05) is 12.3 Å². The fourth-order valence-corrected chi connectivity index (χ4v) is 2.43. The molecule has 0 aliphatic carbocycles. The molecule has 0 spiro atoms. The van der Waals surface area contributed by atoms with Crippen molar-refractivity contribution < 1.29 is 14.0 Å². The fourth-order valence-electron chi connectivity index (χ4n) is 1.66. The van der Waals surface area contributed by atoms with Crippen LogP contribution in [0.25, 0.3) is 11.6 Å². The van der Waals surface area contributed by atoms with Gasteiger partial charge in [-0.15, -0.1) is 10.2 Å². The maximum Gasteiger partial charge on any atom is 0.237 e. The van der Waals surface area contributed by atoms with Crippen LogP contribution in [-0.4, -0.2) is 38.9 Å². The Labute approximate surface area is 125 Å². The largest absolute Gasteiger partial charge is 0.461 e. The number of furan rings is 1. The highest BCUT2D eigenvalue weighted by Gasteiger charge is 2.18. The Balaban J connectivity index is 2.21. The Morgan fingerprint density at radius 2 is 2.29 bits per heavy atom. The summed E-state index contributed by atoms with van der Waals surface area (Å²) in [5.74, 6) is 0.423. The van der Waals surface area contributed by atoms with Gasteiger partial charge in [0, 0.05) is 6.54 Å². The Morgan fingerprint density at radius 3 is 2.90 bits per heavy atom. The van der Waals surface area contributed by atoms with Crippen molar-refractivity contribution in [1.82, 2.24) is 20.1 Å². The van der Waals surface area contributed by atoms with Crippen LogP contribution in [0.3, 0.4) is 0 Å². The topological polar surface area (TPSA) is 116 Å². The Morgan fingerprint density at radius 1 is 1.48 bits per heavy atom. The van der Waals surface area contributed by atoms with Gasteiger partial charge in [-0.2, -0.15) is 0 Å². The minimum atomic E-state index is -0.525. The van der Waals surface area contributed by atoms with Crippen molar-refractivity contribution >= 4 is 23.6 Å². The number of nitrogens with zero attached hydrogens (tertiary/aromatic N) is 3. The summed E-state index contributed by atoms with van der Waals surface area (Å²) in [5.41, 5.74) is 5.24. The van der Waals surface area contributed by atoms with Crippen molar-refractivity contribution in [3.8, 4) is 11.6 Å². The zero-order valence-electron chi connectivity index (χ0n) is 11.4. The van der Waals surface area contributed by atoms with E-state index in [1.807, 2.05) is 6.92 Å². The second-order valence-electron chi connectivity index (χ2n) is 4.08. The molecular formula is C12H15N5O3S. The quantitative estimate of drug-likeness (QED) is 0.708. The SMILES string of the molecule is CCNC(=O)CSc1nnc(-c2ccco2)n1CC(N)=O. The van der Waals surface area contributed by atoms with E-state index < -0.39 is 5.91 Å². The predicted octanol–water partition coefficient (Wildman–Crippen LogP) is 0.252. The third kappa shape index (κ3) is 3.85. The van der Waals surface area contributed by atoms with Gasteiger partial charge in [-0.05, 0) is 19.1 Å². The van der Waals surface area contributed by atoms with Gasteiger partial charge in [0.05, 0.1) is 12.0 Å². The van der Waals surface area contributed by atoms with Crippen molar-refractivity contribution in [2.45, 2.75) is 18.6 Å². The maximum absolute atomic E-state index is 11.5. The van der Waals surface area contributed by atoms with Gasteiger partial charge < -0.3 is 15.5 Å². The first kappa shape index (κ1) is 15.1. The van der Waals surface area contributed by atoms with Gasteiger partial charge in [-0.25, -0.2) is 0 Å². The van der Waals surface area contributed by atoms with Crippen LogP contribution in [0.4, 0.5) is 0 Å². The summed E-state index contributed by atoms with van der Waals surface area (Å²) in [6.45, 7) is 2.32. The molecule has 112 valence electrons. The first-order chi connectivity index (χ1) is 10.1. The highest BCUT2D eigenvalue weighted by Crippen LogP contribution is 2.24. The van der Waals surface area contributed by atoms with Crippen molar-refractivity contribution in [1.29, 1.82) is 0 Å². The number of hydrogen-bond acceptors (Lipinski definition) is 6. The first-order valence-electron chi connectivity index (χ1n) is 6.26. The monoisotopic (exact) mass is 309 g/mol. The lowest BCUT2D eigenvalue weighted by Gasteiger charge is -2.06. The van der Waals surface area contributed by atoms with E-state index in [-0.39, 0.29) is 18.2 Å². The molecule has 0 saturated heterocycles. The molecule has 21 heavy (non-hydrogen) atoms. The van der Waals surface area contributed by atoms with E-state index >= 15 is 0 Å². The lowest BCUT2D eigenvalue weighted by atomic mass is 10.4. The van der Waals surface area contributed by atoms with E-state index in [1.165, 1.54) is 22.6 Å². The average Bonchev–Trinajstić information content (AvgIpc) is 3.05. The number of aromatic nitrogens is 3. The summed E-state index contributed by atoms with van der Waals surface area (Å²) in [6.07, 6.45) is 1.50. The van der Waals surface area contributed by atoms with Gasteiger partial charge >= 0.3 is 0 Å². The van der Waals surface area contributed by atoms with Gasteiger partial charge in [0.2, 0.25) is 17.6 Å². The minimum absolute atomic E-state index is 0.0826. The Bertz CT molecular complexity index is 623. The standard InChI is InChI=1S/C12H15N5O3S/c1-2-14-10(19)7-21-12-16-15-11(8-4-3-5-20-8)17(12)6-9(13)18/h3-5H,2,6-7H2,1H3,(H2,13,18)(H,14,19). The van der Waals surface area contributed by atoms with Crippen molar-refractivity contribution in [2.24, 2.45) is 5.73 Å². The van der Waals surface area contributed by atoms with E-state index in [9.17, 15) is 9.59 Å². The Hall–Kier alpha value is -2.29.